The van der Waals surface area contributed by atoms with Crippen molar-refractivity contribution in [3.8, 4) is 5.75 Å². The summed E-state index contributed by atoms with van der Waals surface area (Å²) >= 11 is 0. The summed E-state index contributed by atoms with van der Waals surface area (Å²) in [5, 5.41) is 9.30. The second kappa shape index (κ2) is 8.14. The molecule has 0 aliphatic heterocycles. The van der Waals surface area contributed by atoms with E-state index in [1.807, 2.05) is 30.3 Å². The lowest BCUT2D eigenvalue weighted by atomic mass is 10.0. The molecule has 0 fully saturated rings. The van der Waals surface area contributed by atoms with Crippen LogP contribution in [0.25, 0.3) is 0 Å². The Morgan fingerprint density at radius 3 is 2.36 bits per heavy atom. The van der Waals surface area contributed by atoms with Gasteiger partial charge in [0.25, 0.3) is 10.0 Å². The lowest BCUT2D eigenvalue weighted by Crippen LogP contribution is -2.17. The second-order valence-corrected chi connectivity index (χ2v) is 7.74. The van der Waals surface area contributed by atoms with Gasteiger partial charge in [-0.25, -0.2) is 13.2 Å². The van der Waals surface area contributed by atoms with Crippen molar-refractivity contribution in [1.29, 1.82) is 0 Å². The average molecular weight is 397 g/mol. The number of methoxy groups -OCH3 is 1. The van der Waals surface area contributed by atoms with E-state index in [1.54, 1.807) is 18.2 Å². The van der Waals surface area contributed by atoms with Crippen molar-refractivity contribution in [2.75, 3.05) is 11.8 Å². The number of hydrogen-bond donors (Lipinski definition) is 2. The highest BCUT2D eigenvalue weighted by atomic mass is 32.2. The van der Waals surface area contributed by atoms with Gasteiger partial charge in [-0.2, -0.15) is 0 Å². The molecular formula is C21H19NO5S. The molecular weight excluding hydrogens is 378 g/mol. The topological polar surface area (TPSA) is 92.7 Å². The Kier molecular flexibility index (Phi) is 5.65. The van der Waals surface area contributed by atoms with Crippen LogP contribution in [-0.4, -0.2) is 26.6 Å². The first-order valence-electron chi connectivity index (χ1n) is 8.46. The van der Waals surface area contributed by atoms with Crippen molar-refractivity contribution in [1.82, 2.24) is 0 Å². The zero-order chi connectivity index (χ0) is 20.1. The Hall–Kier alpha value is -3.32. The molecule has 0 saturated heterocycles. The van der Waals surface area contributed by atoms with Crippen molar-refractivity contribution in [3.63, 3.8) is 0 Å². The molecule has 0 aliphatic carbocycles. The third kappa shape index (κ3) is 4.32. The fourth-order valence-corrected chi connectivity index (χ4v) is 4.16. The molecule has 0 saturated carbocycles. The van der Waals surface area contributed by atoms with E-state index in [4.69, 9.17) is 4.74 Å². The van der Waals surface area contributed by atoms with E-state index in [0.29, 0.717) is 17.7 Å². The molecule has 0 unspecified atom stereocenters. The van der Waals surface area contributed by atoms with E-state index >= 15 is 0 Å². The van der Waals surface area contributed by atoms with E-state index in [9.17, 15) is 18.3 Å². The van der Waals surface area contributed by atoms with Crippen LogP contribution < -0.4 is 9.46 Å². The molecule has 7 heteroatoms. The summed E-state index contributed by atoms with van der Waals surface area (Å²) in [6.45, 7) is 0. The zero-order valence-corrected chi connectivity index (χ0v) is 15.9. The lowest BCUT2D eigenvalue weighted by Gasteiger charge is -2.15. The van der Waals surface area contributed by atoms with Crippen LogP contribution >= 0.6 is 0 Å². The van der Waals surface area contributed by atoms with Crippen molar-refractivity contribution >= 4 is 21.7 Å². The maximum absolute atomic E-state index is 13.0. The van der Waals surface area contributed by atoms with Crippen LogP contribution in [0.5, 0.6) is 5.75 Å². The second-order valence-electron chi connectivity index (χ2n) is 6.09. The number of carbonyl (C=O) groups is 1. The fraction of sp³-hybridized carbons (Fsp3) is 0.0952. The van der Waals surface area contributed by atoms with Gasteiger partial charge in [-0.05, 0) is 47.9 Å². The quantitative estimate of drug-likeness (QED) is 0.633. The fourth-order valence-electron chi connectivity index (χ4n) is 2.86. The van der Waals surface area contributed by atoms with Gasteiger partial charge in [-0.3, -0.25) is 4.72 Å². The van der Waals surface area contributed by atoms with E-state index in [0.717, 1.165) is 5.56 Å². The smallest absolute Gasteiger partial charge is 0.337 e. The summed E-state index contributed by atoms with van der Waals surface area (Å²) in [4.78, 5) is 11.5. The van der Waals surface area contributed by atoms with Crippen molar-refractivity contribution in [2.45, 2.75) is 11.3 Å². The SMILES string of the molecule is COc1ccc(S(=O)(=O)Nc2ccccc2C(=O)O)c(Cc2ccccc2)c1. The maximum Gasteiger partial charge on any atom is 0.337 e. The minimum Gasteiger partial charge on any atom is -0.497 e. The largest absolute Gasteiger partial charge is 0.497 e. The predicted molar refractivity (Wildman–Crippen MR) is 106 cm³/mol. The third-order valence-electron chi connectivity index (χ3n) is 4.20. The highest BCUT2D eigenvalue weighted by Crippen LogP contribution is 2.27. The van der Waals surface area contributed by atoms with E-state index in [1.165, 1.54) is 31.4 Å². The number of hydrogen-bond acceptors (Lipinski definition) is 4. The summed E-state index contributed by atoms with van der Waals surface area (Å²) in [6.07, 6.45) is 0.384. The van der Waals surface area contributed by atoms with Crippen molar-refractivity contribution in [2.24, 2.45) is 0 Å². The molecule has 0 spiro atoms. The molecule has 3 aromatic carbocycles. The van der Waals surface area contributed by atoms with Crippen molar-refractivity contribution in [3.05, 3.63) is 89.5 Å². The number of aromatic carboxylic acids is 1. The molecule has 28 heavy (non-hydrogen) atoms. The molecule has 0 amide bonds. The van der Waals surface area contributed by atoms with Crippen LogP contribution in [0.3, 0.4) is 0 Å². The molecule has 3 aromatic rings. The van der Waals surface area contributed by atoms with Gasteiger partial charge >= 0.3 is 5.97 Å². The maximum atomic E-state index is 13.0. The molecule has 0 aromatic heterocycles. The first-order chi connectivity index (χ1) is 13.4. The third-order valence-corrected chi connectivity index (χ3v) is 5.66. The molecule has 0 aliphatic rings. The minimum atomic E-state index is -4.01. The van der Waals surface area contributed by atoms with Crippen LogP contribution in [0.1, 0.15) is 21.5 Å². The van der Waals surface area contributed by atoms with Gasteiger partial charge < -0.3 is 9.84 Å². The Balaban J connectivity index is 2.03. The lowest BCUT2D eigenvalue weighted by molar-refractivity contribution is 0.0698. The first kappa shape index (κ1) is 19.4. The van der Waals surface area contributed by atoms with Crippen LogP contribution in [0, 0.1) is 0 Å². The monoisotopic (exact) mass is 397 g/mol. The summed E-state index contributed by atoms with van der Waals surface area (Å²) < 4.78 is 33.7. The number of para-hydroxylation sites is 1. The molecule has 0 radical (unpaired) electrons. The van der Waals surface area contributed by atoms with Gasteiger partial charge in [0.05, 0.1) is 23.3 Å². The molecule has 0 bridgehead atoms. The summed E-state index contributed by atoms with van der Waals surface area (Å²) in [5.74, 6) is -0.673. The number of rotatable bonds is 7. The number of ether oxygens (including phenoxy) is 1. The Morgan fingerprint density at radius 1 is 1.00 bits per heavy atom. The Morgan fingerprint density at radius 2 is 1.68 bits per heavy atom. The molecule has 0 heterocycles. The number of sulfonamides is 1. The summed E-state index contributed by atoms with van der Waals surface area (Å²) in [7, 11) is -2.50. The van der Waals surface area contributed by atoms with Gasteiger partial charge in [-0.1, -0.05) is 42.5 Å². The van der Waals surface area contributed by atoms with E-state index < -0.39 is 16.0 Å². The predicted octanol–water partition coefficient (Wildman–Crippen LogP) is 3.79. The van der Waals surface area contributed by atoms with Gasteiger partial charge in [-0.15, -0.1) is 0 Å². The van der Waals surface area contributed by atoms with Gasteiger partial charge in [0.15, 0.2) is 0 Å². The summed E-state index contributed by atoms with van der Waals surface area (Å²) in [5.41, 5.74) is 1.38. The normalized spacial score (nSPS) is 11.0. The van der Waals surface area contributed by atoms with Gasteiger partial charge in [0.2, 0.25) is 0 Å². The number of carboxylic acids is 1. The molecule has 3 rings (SSSR count). The minimum absolute atomic E-state index is 0.0106. The highest BCUT2D eigenvalue weighted by Gasteiger charge is 2.22. The van der Waals surface area contributed by atoms with Crippen LogP contribution in [0.15, 0.2) is 77.7 Å². The standard InChI is InChI=1S/C21H19NO5S/c1-27-17-11-12-20(16(14-17)13-15-7-3-2-4-8-15)28(25,26)22-19-10-6-5-9-18(19)21(23)24/h2-12,14,22H,13H2,1H3,(H,23,24). The molecule has 0 atom stereocenters. The molecule has 144 valence electrons. The van der Waals surface area contributed by atoms with E-state index in [2.05, 4.69) is 4.72 Å². The summed E-state index contributed by atoms with van der Waals surface area (Å²) in [6, 6.07) is 20.0. The number of benzene rings is 3. The highest BCUT2D eigenvalue weighted by molar-refractivity contribution is 7.92. The first-order valence-corrected chi connectivity index (χ1v) is 9.95. The van der Waals surface area contributed by atoms with E-state index in [-0.39, 0.29) is 16.1 Å². The zero-order valence-electron chi connectivity index (χ0n) is 15.1. The van der Waals surface area contributed by atoms with Crippen LogP contribution in [-0.2, 0) is 16.4 Å². The average Bonchev–Trinajstić information content (AvgIpc) is 2.68. The number of carboxylic acid groups (broad SMARTS) is 1. The molecule has 6 nitrogen and oxygen atoms in total. The van der Waals surface area contributed by atoms with Gasteiger partial charge in [0.1, 0.15) is 5.75 Å². The number of nitrogens with one attached hydrogen (secondary N) is 1. The van der Waals surface area contributed by atoms with Crippen LogP contribution in [0.4, 0.5) is 5.69 Å². The number of anilines is 1. The van der Waals surface area contributed by atoms with Gasteiger partial charge in [0, 0.05) is 0 Å². The Bertz CT molecular complexity index is 1090. The van der Waals surface area contributed by atoms with Crippen molar-refractivity contribution < 1.29 is 23.1 Å². The molecule has 2 N–H and O–H groups in total. The Labute approximate surface area is 163 Å². The van der Waals surface area contributed by atoms with Crippen LogP contribution in [0.2, 0.25) is 0 Å².